The minimum atomic E-state index is -0.301. The van der Waals surface area contributed by atoms with Crippen LogP contribution in [0.3, 0.4) is 0 Å². The van der Waals surface area contributed by atoms with Gasteiger partial charge in [0.05, 0.1) is 28.0 Å². The first-order valence-corrected chi connectivity index (χ1v) is 10.7. The molecule has 158 valence electrons. The Morgan fingerprint density at radius 2 is 1.90 bits per heavy atom. The van der Waals surface area contributed by atoms with Gasteiger partial charge in [-0.05, 0) is 65.4 Å². The maximum atomic E-state index is 13.4. The highest BCUT2D eigenvalue weighted by molar-refractivity contribution is 14.1. The fraction of sp³-hybridized carbons (Fsp3) is 0.167. The van der Waals surface area contributed by atoms with Gasteiger partial charge in [-0.15, -0.1) is 0 Å². The summed E-state index contributed by atoms with van der Waals surface area (Å²) in [6.07, 6.45) is 1.58. The first kappa shape index (κ1) is 22.6. The molecule has 0 saturated heterocycles. The van der Waals surface area contributed by atoms with E-state index in [0.29, 0.717) is 23.7 Å². The van der Waals surface area contributed by atoms with Crippen LogP contribution in [0.2, 0.25) is 0 Å². The maximum absolute atomic E-state index is 13.4. The first-order valence-electron chi connectivity index (χ1n) is 9.57. The van der Waals surface area contributed by atoms with Gasteiger partial charge in [-0.1, -0.05) is 35.5 Å². The number of ether oxygens (including phenoxy) is 2. The molecule has 0 N–H and O–H groups in total. The molecule has 0 bridgehead atoms. The summed E-state index contributed by atoms with van der Waals surface area (Å²) in [6, 6.07) is 19.3. The highest BCUT2D eigenvalue weighted by Gasteiger charge is 2.12. The topological polar surface area (TPSA) is 63.8 Å². The molecular weight excluding hydrogens is 510 g/mol. The smallest absolute Gasteiger partial charge is 0.175 e. The van der Waals surface area contributed by atoms with Crippen LogP contribution in [0.5, 0.6) is 11.5 Å². The van der Waals surface area contributed by atoms with Gasteiger partial charge in [-0.3, -0.25) is 0 Å². The van der Waals surface area contributed by atoms with Crippen molar-refractivity contribution >= 4 is 28.8 Å². The van der Waals surface area contributed by atoms with Gasteiger partial charge in [0.15, 0.2) is 11.5 Å². The lowest BCUT2D eigenvalue weighted by molar-refractivity contribution is 0.132. The normalized spacial score (nSPS) is 10.6. The van der Waals surface area contributed by atoms with Gasteiger partial charge in [0, 0.05) is 11.1 Å². The molecule has 0 aliphatic rings. The Kier molecular flexibility index (Phi) is 8.24. The van der Waals surface area contributed by atoms with Gasteiger partial charge < -0.3 is 14.3 Å². The lowest BCUT2D eigenvalue weighted by Crippen LogP contribution is -2.03. The molecule has 0 aromatic heterocycles. The standard InChI is InChI=1S/C24H20FIN2O3/c1-2-29-23-12-18(14-28-31-16-20-8-4-3-7-19(20)13-27)11-22(26)24(23)30-15-17-6-5-9-21(25)10-17/h3-12,14H,2,15-16H2,1H3/b28-14-. The zero-order valence-electron chi connectivity index (χ0n) is 16.8. The molecule has 3 rings (SSSR count). The molecule has 0 unspecified atom stereocenters. The van der Waals surface area contributed by atoms with E-state index in [0.717, 1.165) is 20.3 Å². The van der Waals surface area contributed by atoms with Crippen molar-refractivity contribution in [1.82, 2.24) is 0 Å². The lowest BCUT2D eigenvalue weighted by atomic mass is 10.1. The molecule has 3 aromatic rings. The van der Waals surface area contributed by atoms with Crippen molar-refractivity contribution in [3.05, 3.63) is 92.3 Å². The molecule has 0 fully saturated rings. The Labute approximate surface area is 194 Å². The zero-order chi connectivity index (χ0) is 22.1. The van der Waals surface area contributed by atoms with Crippen LogP contribution >= 0.6 is 22.6 Å². The van der Waals surface area contributed by atoms with Gasteiger partial charge in [0.25, 0.3) is 0 Å². The summed E-state index contributed by atoms with van der Waals surface area (Å²) in [7, 11) is 0. The number of benzene rings is 3. The highest BCUT2D eigenvalue weighted by atomic mass is 127. The molecule has 7 heteroatoms. The molecule has 0 aliphatic carbocycles. The predicted octanol–water partition coefficient (Wildman–Crippen LogP) is 5.83. The van der Waals surface area contributed by atoms with Crippen LogP contribution in [-0.4, -0.2) is 12.8 Å². The van der Waals surface area contributed by atoms with Crippen LogP contribution in [0.25, 0.3) is 0 Å². The van der Waals surface area contributed by atoms with Crippen molar-refractivity contribution in [2.24, 2.45) is 5.16 Å². The number of rotatable bonds is 9. The van der Waals surface area contributed by atoms with E-state index in [9.17, 15) is 4.39 Å². The summed E-state index contributed by atoms with van der Waals surface area (Å²) in [5.74, 6) is 0.861. The maximum Gasteiger partial charge on any atom is 0.175 e. The Hall–Kier alpha value is -3.12. The van der Waals surface area contributed by atoms with E-state index in [1.807, 2.05) is 31.2 Å². The summed E-state index contributed by atoms with van der Waals surface area (Å²) < 4.78 is 25.9. The summed E-state index contributed by atoms with van der Waals surface area (Å²) in [6.45, 7) is 2.78. The van der Waals surface area contributed by atoms with Gasteiger partial charge >= 0.3 is 0 Å². The van der Waals surface area contributed by atoms with Crippen LogP contribution in [0, 0.1) is 20.7 Å². The Morgan fingerprint density at radius 3 is 2.68 bits per heavy atom. The predicted molar refractivity (Wildman–Crippen MR) is 125 cm³/mol. The number of halogens is 2. The quantitative estimate of drug-likeness (QED) is 0.199. The minimum Gasteiger partial charge on any atom is -0.490 e. The Balaban J connectivity index is 1.70. The van der Waals surface area contributed by atoms with E-state index in [1.54, 1.807) is 30.5 Å². The molecule has 0 radical (unpaired) electrons. The van der Waals surface area contributed by atoms with E-state index in [4.69, 9.17) is 19.6 Å². The molecule has 0 aliphatic heterocycles. The summed E-state index contributed by atoms with van der Waals surface area (Å²) in [5.41, 5.74) is 2.84. The molecule has 0 heterocycles. The number of hydrogen-bond donors (Lipinski definition) is 0. The van der Waals surface area contributed by atoms with Gasteiger partial charge in [-0.2, -0.15) is 5.26 Å². The average molecular weight is 530 g/mol. The Bertz CT molecular complexity index is 1110. The molecule has 0 spiro atoms. The van der Waals surface area contributed by atoms with E-state index in [1.165, 1.54) is 12.1 Å². The van der Waals surface area contributed by atoms with E-state index < -0.39 is 0 Å². The first-order chi connectivity index (χ1) is 15.1. The van der Waals surface area contributed by atoms with Gasteiger partial charge in [0.1, 0.15) is 19.0 Å². The summed E-state index contributed by atoms with van der Waals surface area (Å²) in [5, 5.41) is 13.1. The van der Waals surface area contributed by atoms with Crippen molar-refractivity contribution in [2.45, 2.75) is 20.1 Å². The second kappa shape index (κ2) is 11.3. The Morgan fingerprint density at radius 1 is 1.06 bits per heavy atom. The van der Waals surface area contributed by atoms with Crippen molar-refractivity contribution in [3.63, 3.8) is 0 Å². The molecule has 31 heavy (non-hydrogen) atoms. The van der Waals surface area contributed by atoms with Crippen molar-refractivity contribution < 1.29 is 18.7 Å². The van der Waals surface area contributed by atoms with E-state index in [2.05, 4.69) is 33.8 Å². The summed E-state index contributed by atoms with van der Waals surface area (Å²) in [4.78, 5) is 5.36. The molecule has 5 nitrogen and oxygen atoms in total. The van der Waals surface area contributed by atoms with Crippen molar-refractivity contribution in [2.75, 3.05) is 6.61 Å². The van der Waals surface area contributed by atoms with Crippen LogP contribution in [0.1, 0.15) is 29.2 Å². The average Bonchev–Trinajstić information content (AvgIpc) is 2.76. The second-order valence-corrected chi connectivity index (χ2v) is 7.62. The van der Waals surface area contributed by atoms with Gasteiger partial charge in [-0.25, -0.2) is 4.39 Å². The van der Waals surface area contributed by atoms with Crippen molar-refractivity contribution in [1.29, 1.82) is 5.26 Å². The van der Waals surface area contributed by atoms with E-state index in [-0.39, 0.29) is 19.0 Å². The number of nitriles is 1. The molecule has 3 aromatic carbocycles. The number of oxime groups is 1. The molecule has 0 saturated carbocycles. The SMILES string of the molecule is CCOc1cc(/C=N\OCc2ccccc2C#N)cc(I)c1OCc1cccc(F)c1. The fourth-order valence-corrected chi connectivity index (χ4v) is 3.59. The molecule has 0 atom stereocenters. The third kappa shape index (κ3) is 6.43. The van der Waals surface area contributed by atoms with E-state index >= 15 is 0 Å². The third-order valence-corrected chi connectivity index (χ3v) is 5.04. The lowest BCUT2D eigenvalue weighted by Gasteiger charge is -2.14. The van der Waals surface area contributed by atoms with Crippen LogP contribution in [-0.2, 0) is 18.1 Å². The zero-order valence-corrected chi connectivity index (χ0v) is 19.0. The van der Waals surface area contributed by atoms with Gasteiger partial charge in [0.2, 0.25) is 0 Å². The van der Waals surface area contributed by atoms with Crippen LogP contribution < -0.4 is 9.47 Å². The van der Waals surface area contributed by atoms with Crippen LogP contribution in [0.4, 0.5) is 4.39 Å². The monoisotopic (exact) mass is 530 g/mol. The van der Waals surface area contributed by atoms with Crippen molar-refractivity contribution in [3.8, 4) is 17.6 Å². The third-order valence-electron chi connectivity index (χ3n) is 4.24. The fourth-order valence-electron chi connectivity index (χ4n) is 2.81. The highest BCUT2D eigenvalue weighted by Crippen LogP contribution is 2.34. The minimum absolute atomic E-state index is 0.199. The molecule has 0 amide bonds. The summed E-state index contributed by atoms with van der Waals surface area (Å²) >= 11 is 2.16. The number of hydrogen-bond acceptors (Lipinski definition) is 5. The largest absolute Gasteiger partial charge is 0.490 e. The molecular formula is C24H20FIN2O3. The second-order valence-electron chi connectivity index (χ2n) is 6.46. The van der Waals surface area contributed by atoms with Crippen LogP contribution in [0.15, 0.2) is 65.8 Å². The number of nitrogens with zero attached hydrogens (tertiary/aromatic N) is 2.